The third kappa shape index (κ3) is 4.47. The maximum Gasteiger partial charge on any atom is 0.0583 e. The minimum Gasteiger partial charge on any atom is -0.395 e. The van der Waals surface area contributed by atoms with Crippen molar-refractivity contribution in [2.45, 2.75) is 32.4 Å². The lowest BCUT2D eigenvalue weighted by Crippen LogP contribution is -2.49. The Kier molecular flexibility index (Phi) is 5.53. The molecule has 1 aliphatic heterocycles. The highest BCUT2D eigenvalue weighted by Gasteiger charge is 2.18. The van der Waals surface area contributed by atoms with E-state index in [1.54, 1.807) is 0 Å². The second-order valence-electron chi connectivity index (χ2n) is 4.70. The molecule has 90 valence electrons. The van der Waals surface area contributed by atoms with Crippen LogP contribution < -0.4 is 5.73 Å². The van der Waals surface area contributed by atoms with Gasteiger partial charge in [0.1, 0.15) is 0 Å². The normalized spacial score (nSPS) is 22.2. The highest BCUT2D eigenvalue weighted by molar-refractivity contribution is 4.75. The van der Waals surface area contributed by atoms with Gasteiger partial charge in [0.2, 0.25) is 0 Å². The van der Waals surface area contributed by atoms with Crippen molar-refractivity contribution in [1.29, 1.82) is 0 Å². The first-order valence-electron chi connectivity index (χ1n) is 5.96. The molecule has 0 saturated carbocycles. The molecule has 0 aliphatic carbocycles. The molecule has 0 amide bonds. The van der Waals surface area contributed by atoms with Crippen LogP contribution in [0, 0.1) is 0 Å². The predicted octanol–water partition coefficient (Wildman–Crippen LogP) is -0.278. The Morgan fingerprint density at radius 1 is 1.20 bits per heavy atom. The lowest BCUT2D eigenvalue weighted by molar-refractivity contribution is 0.104. The Labute approximate surface area is 93.0 Å². The van der Waals surface area contributed by atoms with Crippen LogP contribution in [0.4, 0.5) is 0 Å². The van der Waals surface area contributed by atoms with Crippen LogP contribution in [-0.2, 0) is 0 Å². The molecule has 0 aromatic rings. The summed E-state index contributed by atoms with van der Waals surface area (Å²) < 4.78 is 0. The van der Waals surface area contributed by atoms with E-state index in [1.165, 1.54) is 0 Å². The number of piperazine rings is 1. The van der Waals surface area contributed by atoms with Crippen molar-refractivity contribution in [1.82, 2.24) is 9.80 Å². The molecule has 0 aromatic carbocycles. The standard InChI is InChI=1S/C11H25N3O/c1-10(2)14-7-5-13(6-8-14)4-3-11(12)9-15/h10-11,15H,3-9,12H2,1-2H3. The van der Waals surface area contributed by atoms with Gasteiger partial charge in [0.15, 0.2) is 0 Å². The van der Waals surface area contributed by atoms with Crippen molar-refractivity contribution < 1.29 is 5.11 Å². The third-order valence-electron chi connectivity index (χ3n) is 3.19. The second-order valence-corrected chi connectivity index (χ2v) is 4.70. The summed E-state index contributed by atoms with van der Waals surface area (Å²) in [6.07, 6.45) is 0.901. The number of aliphatic hydroxyl groups is 1. The van der Waals surface area contributed by atoms with Crippen LogP contribution in [-0.4, -0.2) is 66.3 Å². The van der Waals surface area contributed by atoms with Gasteiger partial charge in [-0.1, -0.05) is 0 Å². The molecule has 0 bridgehead atoms. The zero-order valence-electron chi connectivity index (χ0n) is 10.0. The first-order chi connectivity index (χ1) is 7.13. The Bertz CT molecular complexity index is 167. The van der Waals surface area contributed by atoms with Gasteiger partial charge in [-0.05, 0) is 26.8 Å². The van der Waals surface area contributed by atoms with Gasteiger partial charge in [0.05, 0.1) is 6.61 Å². The predicted molar refractivity (Wildman–Crippen MR) is 62.8 cm³/mol. The van der Waals surface area contributed by atoms with Crippen LogP contribution in [0.25, 0.3) is 0 Å². The number of aliphatic hydroxyl groups excluding tert-OH is 1. The number of nitrogens with zero attached hydrogens (tertiary/aromatic N) is 2. The lowest BCUT2D eigenvalue weighted by Gasteiger charge is -2.37. The van der Waals surface area contributed by atoms with E-state index in [-0.39, 0.29) is 12.6 Å². The van der Waals surface area contributed by atoms with Gasteiger partial charge in [-0.15, -0.1) is 0 Å². The van der Waals surface area contributed by atoms with Gasteiger partial charge in [0.25, 0.3) is 0 Å². The Morgan fingerprint density at radius 3 is 2.27 bits per heavy atom. The maximum atomic E-state index is 8.83. The minimum absolute atomic E-state index is 0.0480. The van der Waals surface area contributed by atoms with E-state index in [0.29, 0.717) is 6.04 Å². The summed E-state index contributed by atoms with van der Waals surface area (Å²) in [5.41, 5.74) is 5.68. The Hall–Kier alpha value is -0.160. The maximum absolute atomic E-state index is 8.83. The molecule has 1 rings (SSSR count). The van der Waals surface area contributed by atoms with Crippen molar-refractivity contribution in [3.63, 3.8) is 0 Å². The molecule has 1 atom stereocenters. The Morgan fingerprint density at radius 2 is 1.80 bits per heavy atom. The molecule has 0 aromatic heterocycles. The zero-order valence-corrected chi connectivity index (χ0v) is 10.0. The van der Waals surface area contributed by atoms with E-state index < -0.39 is 0 Å². The minimum atomic E-state index is -0.0480. The molecular weight excluding hydrogens is 190 g/mol. The van der Waals surface area contributed by atoms with Crippen LogP contribution in [0.3, 0.4) is 0 Å². The van der Waals surface area contributed by atoms with Crippen LogP contribution in [0.2, 0.25) is 0 Å². The van der Waals surface area contributed by atoms with Gasteiger partial charge in [0, 0.05) is 38.3 Å². The van der Waals surface area contributed by atoms with Crippen LogP contribution in [0.5, 0.6) is 0 Å². The molecule has 1 fully saturated rings. The van der Waals surface area contributed by atoms with Crippen molar-refractivity contribution in [2.24, 2.45) is 5.73 Å². The highest BCUT2D eigenvalue weighted by atomic mass is 16.3. The molecule has 1 heterocycles. The van der Waals surface area contributed by atoms with Crippen molar-refractivity contribution in [3.8, 4) is 0 Å². The number of hydrogen-bond acceptors (Lipinski definition) is 4. The highest BCUT2D eigenvalue weighted by Crippen LogP contribution is 2.06. The summed E-state index contributed by atoms with van der Waals surface area (Å²) in [7, 11) is 0. The van der Waals surface area contributed by atoms with E-state index in [0.717, 1.165) is 39.1 Å². The molecule has 3 N–H and O–H groups in total. The fraction of sp³-hybridized carbons (Fsp3) is 1.00. The summed E-state index contributed by atoms with van der Waals surface area (Å²) in [4.78, 5) is 4.94. The zero-order chi connectivity index (χ0) is 11.3. The number of rotatable bonds is 5. The van der Waals surface area contributed by atoms with Crippen molar-refractivity contribution >= 4 is 0 Å². The summed E-state index contributed by atoms with van der Waals surface area (Å²) in [6, 6.07) is 0.611. The molecule has 4 heteroatoms. The molecule has 0 spiro atoms. The van der Waals surface area contributed by atoms with Gasteiger partial charge >= 0.3 is 0 Å². The molecule has 0 radical (unpaired) electrons. The fourth-order valence-electron chi connectivity index (χ4n) is 1.94. The average molecular weight is 215 g/mol. The van der Waals surface area contributed by atoms with E-state index >= 15 is 0 Å². The number of nitrogens with two attached hydrogens (primary N) is 1. The van der Waals surface area contributed by atoms with Gasteiger partial charge < -0.3 is 15.7 Å². The molecule has 1 saturated heterocycles. The van der Waals surface area contributed by atoms with E-state index in [2.05, 4.69) is 23.6 Å². The van der Waals surface area contributed by atoms with E-state index in [9.17, 15) is 0 Å². The van der Waals surface area contributed by atoms with E-state index in [4.69, 9.17) is 10.8 Å². The second kappa shape index (κ2) is 6.43. The fourth-order valence-corrected chi connectivity index (χ4v) is 1.94. The van der Waals surface area contributed by atoms with Gasteiger partial charge in [-0.2, -0.15) is 0 Å². The molecule has 1 unspecified atom stereocenters. The number of hydrogen-bond donors (Lipinski definition) is 2. The average Bonchev–Trinajstić information content (AvgIpc) is 2.26. The molecule has 1 aliphatic rings. The largest absolute Gasteiger partial charge is 0.395 e. The summed E-state index contributed by atoms with van der Waals surface area (Å²) in [6.45, 7) is 10.2. The summed E-state index contributed by atoms with van der Waals surface area (Å²) >= 11 is 0. The van der Waals surface area contributed by atoms with Crippen LogP contribution in [0.15, 0.2) is 0 Å². The molecule has 4 nitrogen and oxygen atoms in total. The monoisotopic (exact) mass is 215 g/mol. The van der Waals surface area contributed by atoms with Crippen LogP contribution >= 0.6 is 0 Å². The lowest BCUT2D eigenvalue weighted by atomic mass is 10.2. The topological polar surface area (TPSA) is 52.7 Å². The smallest absolute Gasteiger partial charge is 0.0583 e. The molecular formula is C11H25N3O. The summed E-state index contributed by atoms with van der Waals surface area (Å²) in [5.74, 6) is 0. The Balaban J connectivity index is 2.14. The third-order valence-corrected chi connectivity index (χ3v) is 3.19. The van der Waals surface area contributed by atoms with Gasteiger partial charge in [-0.25, -0.2) is 0 Å². The molecule has 15 heavy (non-hydrogen) atoms. The SMILES string of the molecule is CC(C)N1CCN(CCC(N)CO)CC1. The van der Waals surface area contributed by atoms with E-state index in [1.807, 2.05) is 0 Å². The van der Waals surface area contributed by atoms with Gasteiger partial charge in [-0.3, -0.25) is 4.90 Å². The summed E-state index contributed by atoms with van der Waals surface area (Å²) in [5, 5.41) is 8.83. The van der Waals surface area contributed by atoms with Crippen molar-refractivity contribution in [3.05, 3.63) is 0 Å². The quantitative estimate of drug-likeness (QED) is 0.662. The first-order valence-corrected chi connectivity index (χ1v) is 5.96. The van der Waals surface area contributed by atoms with Crippen LogP contribution in [0.1, 0.15) is 20.3 Å². The first kappa shape index (κ1) is 12.9. The van der Waals surface area contributed by atoms with Crippen molar-refractivity contribution in [2.75, 3.05) is 39.3 Å².